The van der Waals surface area contributed by atoms with Crippen LogP contribution >= 0.6 is 0 Å². The number of aromatic nitrogens is 2. The maximum atomic E-state index is 13.2. The van der Waals surface area contributed by atoms with Gasteiger partial charge in [0.1, 0.15) is 11.2 Å². The third kappa shape index (κ3) is 2.93. The highest BCUT2D eigenvalue weighted by molar-refractivity contribution is 6.13. The van der Waals surface area contributed by atoms with Gasteiger partial charge in [0.05, 0.1) is 17.3 Å². The van der Waals surface area contributed by atoms with Gasteiger partial charge in [0.15, 0.2) is 17.2 Å². The maximum Gasteiger partial charge on any atom is 0.256 e. The number of amides is 1. The van der Waals surface area contributed by atoms with Crippen molar-refractivity contribution >= 4 is 33.6 Å². The molecule has 1 amide bonds. The van der Waals surface area contributed by atoms with Crippen molar-refractivity contribution in [3.63, 3.8) is 0 Å². The zero-order valence-electron chi connectivity index (χ0n) is 16.0. The predicted octanol–water partition coefficient (Wildman–Crippen LogP) is 5.77. The molecule has 3 heterocycles. The molecule has 0 bridgehead atoms. The fourth-order valence-electron chi connectivity index (χ4n) is 3.64. The van der Waals surface area contributed by atoms with Crippen LogP contribution in [0.1, 0.15) is 35.0 Å². The molecule has 1 aliphatic carbocycles. The van der Waals surface area contributed by atoms with E-state index in [1.165, 1.54) is 0 Å². The molecule has 1 saturated carbocycles. The Kier molecular flexibility index (Phi) is 3.71. The van der Waals surface area contributed by atoms with Crippen LogP contribution in [0.5, 0.6) is 0 Å². The van der Waals surface area contributed by atoms with Gasteiger partial charge in [0.25, 0.3) is 5.91 Å². The molecule has 3 aromatic heterocycles. The van der Waals surface area contributed by atoms with Gasteiger partial charge in [-0.05, 0) is 55.3 Å². The van der Waals surface area contributed by atoms with E-state index >= 15 is 0 Å². The molecule has 0 spiro atoms. The minimum absolute atomic E-state index is 0.216. The van der Waals surface area contributed by atoms with E-state index in [-0.39, 0.29) is 5.91 Å². The summed E-state index contributed by atoms with van der Waals surface area (Å²) in [6.45, 7) is 0. The van der Waals surface area contributed by atoms with Gasteiger partial charge >= 0.3 is 0 Å². The molecule has 1 N–H and O–H groups in total. The highest BCUT2D eigenvalue weighted by Gasteiger charge is 2.29. The number of furan rings is 1. The standard InChI is InChI=1S/C24H17N3O3/c28-23(25-15-9-10-22-19(12-15)27-24(30-22)14-7-8-14)17-13-20(21-6-3-11-29-21)26-18-5-2-1-4-16(17)18/h1-6,9-14H,7-8H2,(H,25,28). The fraction of sp³-hybridized carbons (Fsp3) is 0.125. The van der Waals surface area contributed by atoms with Crippen LogP contribution in [-0.2, 0) is 0 Å². The second-order valence-corrected chi connectivity index (χ2v) is 7.51. The molecular weight excluding hydrogens is 378 g/mol. The molecule has 0 unspecified atom stereocenters. The van der Waals surface area contributed by atoms with Crippen molar-refractivity contribution in [2.45, 2.75) is 18.8 Å². The van der Waals surface area contributed by atoms with E-state index < -0.39 is 0 Å². The van der Waals surface area contributed by atoms with Gasteiger partial charge in [0, 0.05) is 17.0 Å². The quantitative estimate of drug-likeness (QED) is 0.418. The summed E-state index contributed by atoms with van der Waals surface area (Å²) in [5.41, 5.74) is 4.05. The van der Waals surface area contributed by atoms with Gasteiger partial charge in [-0.3, -0.25) is 4.79 Å². The van der Waals surface area contributed by atoms with Crippen LogP contribution in [0.2, 0.25) is 0 Å². The summed E-state index contributed by atoms with van der Waals surface area (Å²) in [5, 5.41) is 3.77. The molecule has 5 aromatic rings. The Hall–Kier alpha value is -3.93. The highest BCUT2D eigenvalue weighted by Crippen LogP contribution is 2.40. The normalized spacial score (nSPS) is 13.7. The monoisotopic (exact) mass is 395 g/mol. The summed E-state index contributed by atoms with van der Waals surface area (Å²) in [6, 6.07) is 18.5. The molecule has 6 nitrogen and oxygen atoms in total. The third-order valence-electron chi connectivity index (χ3n) is 5.32. The summed E-state index contributed by atoms with van der Waals surface area (Å²) in [6.07, 6.45) is 3.85. The van der Waals surface area contributed by atoms with Crippen LogP contribution < -0.4 is 5.32 Å². The Morgan fingerprint density at radius 3 is 2.70 bits per heavy atom. The molecule has 0 saturated heterocycles. The summed E-state index contributed by atoms with van der Waals surface area (Å²) < 4.78 is 11.3. The number of fused-ring (bicyclic) bond motifs is 2. The van der Waals surface area contributed by atoms with Crippen molar-refractivity contribution in [3.8, 4) is 11.5 Å². The molecule has 6 rings (SSSR count). The molecule has 0 atom stereocenters. The first-order valence-corrected chi connectivity index (χ1v) is 9.90. The van der Waals surface area contributed by atoms with Crippen LogP contribution in [-0.4, -0.2) is 15.9 Å². The zero-order valence-corrected chi connectivity index (χ0v) is 16.0. The maximum absolute atomic E-state index is 13.2. The second kappa shape index (κ2) is 6.56. The molecule has 1 aliphatic rings. The van der Waals surface area contributed by atoms with Gasteiger partial charge < -0.3 is 14.2 Å². The first kappa shape index (κ1) is 17.0. The van der Waals surface area contributed by atoms with Crippen LogP contribution in [0.3, 0.4) is 0 Å². The van der Waals surface area contributed by atoms with Gasteiger partial charge in [-0.25, -0.2) is 9.97 Å². The number of hydrogen-bond donors (Lipinski definition) is 1. The number of nitrogens with zero attached hydrogens (tertiary/aromatic N) is 2. The third-order valence-corrected chi connectivity index (χ3v) is 5.32. The average Bonchev–Trinajstić information content (AvgIpc) is 3.30. The average molecular weight is 395 g/mol. The van der Waals surface area contributed by atoms with Gasteiger partial charge in [-0.2, -0.15) is 0 Å². The Morgan fingerprint density at radius 2 is 1.87 bits per heavy atom. The Labute approximate surface area is 171 Å². The number of rotatable bonds is 4. The molecule has 146 valence electrons. The number of benzene rings is 2. The number of oxazole rings is 1. The summed E-state index contributed by atoms with van der Waals surface area (Å²) in [5.74, 6) is 1.63. The molecule has 6 heteroatoms. The van der Waals surface area contributed by atoms with Crippen molar-refractivity contribution in [2.24, 2.45) is 0 Å². The Bertz CT molecular complexity index is 1400. The largest absolute Gasteiger partial charge is 0.463 e. The lowest BCUT2D eigenvalue weighted by Gasteiger charge is -2.10. The van der Waals surface area contributed by atoms with Gasteiger partial charge in [-0.15, -0.1) is 0 Å². The van der Waals surface area contributed by atoms with Crippen molar-refractivity contribution in [3.05, 3.63) is 78.4 Å². The van der Waals surface area contributed by atoms with E-state index in [0.29, 0.717) is 28.6 Å². The van der Waals surface area contributed by atoms with Gasteiger partial charge in [0.2, 0.25) is 0 Å². The van der Waals surface area contributed by atoms with Crippen LogP contribution in [0.15, 0.2) is 75.8 Å². The summed E-state index contributed by atoms with van der Waals surface area (Å²) in [4.78, 5) is 22.4. The number of hydrogen-bond acceptors (Lipinski definition) is 5. The predicted molar refractivity (Wildman–Crippen MR) is 113 cm³/mol. The molecule has 2 aromatic carbocycles. The van der Waals surface area contributed by atoms with E-state index in [1.807, 2.05) is 48.5 Å². The van der Waals surface area contributed by atoms with Crippen molar-refractivity contribution < 1.29 is 13.6 Å². The Balaban J connectivity index is 1.38. The number of carbonyl (C=O) groups is 1. The number of carbonyl (C=O) groups excluding carboxylic acids is 1. The van der Waals surface area contributed by atoms with Gasteiger partial charge in [-0.1, -0.05) is 18.2 Å². The Morgan fingerprint density at radius 1 is 0.967 bits per heavy atom. The molecular formula is C24H17N3O3. The van der Waals surface area contributed by atoms with Crippen LogP contribution in [0, 0.1) is 0 Å². The highest BCUT2D eigenvalue weighted by atomic mass is 16.3. The smallest absolute Gasteiger partial charge is 0.256 e. The molecule has 0 radical (unpaired) electrons. The minimum Gasteiger partial charge on any atom is -0.463 e. The zero-order chi connectivity index (χ0) is 20.1. The molecule has 1 fully saturated rings. The summed E-state index contributed by atoms with van der Waals surface area (Å²) >= 11 is 0. The lowest BCUT2D eigenvalue weighted by molar-refractivity contribution is 0.102. The first-order chi connectivity index (χ1) is 14.7. The van der Waals surface area contributed by atoms with E-state index in [0.717, 1.165) is 40.7 Å². The van der Waals surface area contributed by atoms with E-state index in [4.69, 9.17) is 8.83 Å². The first-order valence-electron chi connectivity index (χ1n) is 9.90. The van der Waals surface area contributed by atoms with E-state index in [2.05, 4.69) is 15.3 Å². The van der Waals surface area contributed by atoms with Crippen LogP contribution in [0.4, 0.5) is 5.69 Å². The number of anilines is 1. The van der Waals surface area contributed by atoms with Crippen molar-refractivity contribution in [2.75, 3.05) is 5.32 Å². The molecule has 30 heavy (non-hydrogen) atoms. The number of pyridine rings is 1. The number of para-hydroxylation sites is 1. The fourth-order valence-corrected chi connectivity index (χ4v) is 3.64. The van der Waals surface area contributed by atoms with Crippen LogP contribution in [0.25, 0.3) is 33.5 Å². The lowest BCUT2D eigenvalue weighted by atomic mass is 10.1. The van der Waals surface area contributed by atoms with E-state index in [9.17, 15) is 4.79 Å². The molecule has 0 aliphatic heterocycles. The van der Waals surface area contributed by atoms with Crippen molar-refractivity contribution in [1.82, 2.24) is 9.97 Å². The van der Waals surface area contributed by atoms with Crippen molar-refractivity contribution in [1.29, 1.82) is 0 Å². The SMILES string of the molecule is O=C(Nc1ccc2oc(C3CC3)nc2c1)c1cc(-c2ccco2)nc2ccccc12. The summed E-state index contributed by atoms with van der Waals surface area (Å²) in [7, 11) is 0. The minimum atomic E-state index is -0.216. The topological polar surface area (TPSA) is 81.2 Å². The lowest BCUT2D eigenvalue weighted by Crippen LogP contribution is -2.13. The second-order valence-electron chi connectivity index (χ2n) is 7.51. The van der Waals surface area contributed by atoms with E-state index in [1.54, 1.807) is 18.4 Å². The number of nitrogens with one attached hydrogen (secondary N) is 1.